The highest BCUT2D eigenvalue weighted by Gasteiger charge is 2.30. The number of hydrogen-bond acceptors (Lipinski definition) is 5. The molecule has 0 unspecified atom stereocenters. The van der Waals surface area contributed by atoms with Crippen molar-refractivity contribution in [3.05, 3.63) is 88.5 Å². The van der Waals surface area contributed by atoms with Crippen LogP contribution < -0.4 is 4.74 Å². The van der Waals surface area contributed by atoms with Gasteiger partial charge in [0.15, 0.2) is 11.6 Å². The Morgan fingerprint density at radius 1 is 0.862 bits per heavy atom. The van der Waals surface area contributed by atoms with Crippen LogP contribution in [-0.4, -0.2) is 31.8 Å². The Hall–Kier alpha value is -3.73. The molecule has 0 atom stereocenters. The number of carbonyl (C=O) groups excluding carboxylic acids is 3. The van der Waals surface area contributed by atoms with E-state index in [2.05, 4.69) is 0 Å². The van der Waals surface area contributed by atoms with E-state index in [1.807, 2.05) is 24.3 Å². The van der Waals surface area contributed by atoms with Gasteiger partial charge in [-0.25, -0.2) is 4.79 Å². The lowest BCUT2D eigenvalue weighted by atomic mass is 9.94. The van der Waals surface area contributed by atoms with E-state index >= 15 is 0 Å². The third-order valence-corrected chi connectivity index (χ3v) is 5.11. The first-order chi connectivity index (χ1) is 14.0. The van der Waals surface area contributed by atoms with E-state index < -0.39 is 5.97 Å². The quantitative estimate of drug-likeness (QED) is 0.381. The average molecular weight is 386 g/mol. The van der Waals surface area contributed by atoms with E-state index in [1.54, 1.807) is 36.4 Å². The molecular formula is C24H18O5. The lowest BCUT2D eigenvalue weighted by molar-refractivity contribution is 0.0600. The number of Topliss-reactive ketones (excluding diaryl/α,β-unsaturated/α-hetero) is 1. The maximum absolute atomic E-state index is 13.2. The van der Waals surface area contributed by atoms with Crippen LogP contribution in [0.3, 0.4) is 0 Å². The van der Waals surface area contributed by atoms with Gasteiger partial charge in [0.25, 0.3) is 0 Å². The first-order valence-corrected chi connectivity index (χ1v) is 9.10. The SMILES string of the molecule is COC(=O)c1ccc(OC)c(CC(=O)c2cccc3c2C(=O)c2ccccc2-3)c1. The second-order valence-electron chi connectivity index (χ2n) is 6.72. The second-order valence-corrected chi connectivity index (χ2v) is 6.72. The summed E-state index contributed by atoms with van der Waals surface area (Å²) < 4.78 is 10.1. The molecule has 0 heterocycles. The van der Waals surface area contributed by atoms with Crippen molar-refractivity contribution in [3.8, 4) is 16.9 Å². The third kappa shape index (κ3) is 3.10. The molecule has 3 aromatic carbocycles. The first kappa shape index (κ1) is 18.6. The molecule has 29 heavy (non-hydrogen) atoms. The van der Waals surface area contributed by atoms with E-state index in [9.17, 15) is 14.4 Å². The molecule has 1 aliphatic rings. The van der Waals surface area contributed by atoms with Crippen molar-refractivity contribution in [2.75, 3.05) is 14.2 Å². The molecule has 0 bridgehead atoms. The number of rotatable bonds is 5. The van der Waals surface area contributed by atoms with E-state index in [4.69, 9.17) is 9.47 Å². The summed E-state index contributed by atoms with van der Waals surface area (Å²) in [4.78, 5) is 37.9. The Balaban J connectivity index is 1.73. The highest BCUT2D eigenvalue weighted by Crippen LogP contribution is 2.38. The predicted octanol–water partition coefficient (Wildman–Crippen LogP) is 4.12. The second kappa shape index (κ2) is 7.36. The molecule has 144 valence electrons. The molecule has 0 saturated carbocycles. The molecule has 0 saturated heterocycles. The monoisotopic (exact) mass is 386 g/mol. The number of fused-ring (bicyclic) bond motifs is 3. The van der Waals surface area contributed by atoms with Gasteiger partial charge in [-0.05, 0) is 29.3 Å². The molecule has 0 spiro atoms. The molecule has 0 aromatic heterocycles. The number of hydrogen-bond donors (Lipinski definition) is 0. The molecular weight excluding hydrogens is 368 g/mol. The minimum atomic E-state index is -0.493. The zero-order chi connectivity index (χ0) is 20.5. The van der Waals surface area contributed by atoms with Gasteiger partial charge in [-0.1, -0.05) is 42.5 Å². The minimum Gasteiger partial charge on any atom is -0.496 e. The Labute approximate surface area is 167 Å². The van der Waals surface area contributed by atoms with Gasteiger partial charge in [0.1, 0.15) is 5.75 Å². The maximum atomic E-state index is 13.2. The molecule has 0 amide bonds. The molecule has 3 aromatic rings. The third-order valence-electron chi connectivity index (χ3n) is 5.11. The molecule has 4 rings (SSSR count). The van der Waals surface area contributed by atoms with Crippen LogP contribution in [0.15, 0.2) is 60.7 Å². The van der Waals surface area contributed by atoms with Gasteiger partial charge >= 0.3 is 5.97 Å². The topological polar surface area (TPSA) is 69.7 Å². The summed E-state index contributed by atoms with van der Waals surface area (Å²) in [6.07, 6.45) is -0.00587. The smallest absolute Gasteiger partial charge is 0.337 e. The maximum Gasteiger partial charge on any atom is 0.337 e. The summed E-state index contributed by atoms with van der Waals surface area (Å²) in [5.41, 5.74) is 3.90. The summed E-state index contributed by atoms with van der Waals surface area (Å²) in [7, 11) is 2.80. The highest BCUT2D eigenvalue weighted by molar-refractivity contribution is 6.26. The van der Waals surface area contributed by atoms with Crippen LogP contribution in [0.2, 0.25) is 0 Å². The number of ketones is 2. The van der Waals surface area contributed by atoms with Gasteiger partial charge in [-0.15, -0.1) is 0 Å². The van der Waals surface area contributed by atoms with Crippen LogP contribution >= 0.6 is 0 Å². The van der Waals surface area contributed by atoms with Crippen LogP contribution in [0.25, 0.3) is 11.1 Å². The molecule has 5 heteroatoms. The average Bonchev–Trinajstić information content (AvgIpc) is 3.05. The zero-order valence-corrected chi connectivity index (χ0v) is 16.0. The summed E-state index contributed by atoms with van der Waals surface area (Å²) in [6, 6.07) is 17.4. The summed E-state index contributed by atoms with van der Waals surface area (Å²) in [5, 5.41) is 0. The summed E-state index contributed by atoms with van der Waals surface area (Å²) in [5.74, 6) is -0.362. The van der Waals surface area contributed by atoms with Crippen molar-refractivity contribution >= 4 is 17.5 Å². The van der Waals surface area contributed by atoms with Crippen molar-refractivity contribution in [1.82, 2.24) is 0 Å². The van der Waals surface area contributed by atoms with Gasteiger partial charge in [0.05, 0.1) is 19.8 Å². The fourth-order valence-corrected chi connectivity index (χ4v) is 3.73. The van der Waals surface area contributed by atoms with E-state index in [-0.39, 0.29) is 18.0 Å². The number of methoxy groups -OCH3 is 2. The van der Waals surface area contributed by atoms with Gasteiger partial charge in [0.2, 0.25) is 0 Å². The Kier molecular flexibility index (Phi) is 4.72. The molecule has 0 aliphatic heterocycles. The molecule has 0 fully saturated rings. The number of ether oxygens (including phenoxy) is 2. The standard InChI is InChI=1S/C24H18O5/c1-28-21-11-10-14(24(27)29-2)12-15(21)13-20(25)19-9-5-8-17-16-6-3-4-7-18(16)23(26)22(17)19/h3-12H,13H2,1-2H3. The van der Waals surface area contributed by atoms with Crippen molar-refractivity contribution in [2.45, 2.75) is 6.42 Å². The van der Waals surface area contributed by atoms with Crippen molar-refractivity contribution in [3.63, 3.8) is 0 Å². The first-order valence-electron chi connectivity index (χ1n) is 9.10. The Morgan fingerprint density at radius 3 is 2.31 bits per heavy atom. The zero-order valence-electron chi connectivity index (χ0n) is 16.0. The van der Waals surface area contributed by atoms with Crippen LogP contribution in [0.4, 0.5) is 0 Å². The molecule has 1 aliphatic carbocycles. The minimum absolute atomic E-state index is 0.00587. The van der Waals surface area contributed by atoms with Crippen LogP contribution in [0.1, 0.15) is 42.2 Å². The number of carbonyl (C=O) groups is 3. The number of esters is 1. The van der Waals surface area contributed by atoms with E-state index in [1.165, 1.54) is 14.2 Å². The molecule has 5 nitrogen and oxygen atoms in total. The fourth-order valence-electron chi connectivity index (χ4n) is 3.73. The highest BCUT2D eigenvalue weighted by atomic mass is 16.5. The van der Waals surface area contributed by atoms with Gasteiger partial charge in [-0.2, -0.15) is 0 Å². The summed E-state index contributed by atoms with van der Waals surface area (Å²) >= 11 is 0. The summed E-state index contributed by atoms with van der Waals surface area (Å²) in [6.45, 7) is 0. The lowest BCUT2D eigenvalue weighted by Gasteiger charge is -2.11. The molecule has 0 N–H and O–H groups in total. The number of benzene rings is 3. The van der Waals surface area contributed by atoms with Crippen LogP contribution in [0, 0.1) is 0 Å². The fraction of sp³-hybridized carbons (Fsp3) is 0.125. The Bertz CT molecular complexity index is 1160. The molecule has 0 radical (unpaired) electrons. The van der Waals surface area contributed by atoms with Crippen molar-refractivity contribution in [1.29, 1.82) is 0 Å². The van der Waals surface area contributed by atoms with Gasteiger partial charge < -0.3 is 9.47 Å². The van der Waals surface area contributed by atoms with E-state index in [0.717, 1.165) is 11.1 Å². The van der Waals surface area contributed by atoms with Crippen molar-refractivity contribution < 1.29 is 23.9 Å². The van der Waals surface area contributed by atoms with Gasteiger partial charge in [0, 0.05) is 28.7 Å². The normalized spacial score (nSPS) is 11.6. The predicted molar refractivity (Wildman–Crippen MR) is 108 cm³/mol. The van der Waals surface area contributed by atoms with Crippen LogP contribution in [0.5, 0.6) is 5.75 Å². The lowest BCUT2D eigenvalue weighted by Crippen LogP contribution is -2.11. The largest absolute Gasteiger partial charge is 0.496 e. The van der Waals surface area contributed by atoms with Crippen LogP contribution in [-0.2, 0) is 11.2 Å². The van der Waals surface area contributed by atoms with Gasteiger partial charge in [-0.3, -0.25) is 9.59 Å². The Morgan fingerprint density at radius 2 is 1.59 bits per heavy atom. The van der Waals surface area contributed by atoms with E-state index in [0.29, 0.717) is 33.6 Å². The van der Waals surface area contributed by atoms with Crippen molar-refractivity contribution in [2.24, 2.45) is 0 Å².